The van der Waals surface area contributed by atoms with Crippen molar-refractivity contribution in [3.63, 3.8) is 0 Å². The van der Waals surface area contributed by atoms with Gasteiger partial charge >= 0.3 is 5.97 Å². The van der Waals surface area contributed by atoms with Crippen molar-refractivity contribution >= 4 is 17.6 Å². The van der Waals surface area contributed by atoms with Gasteiger partial charge in [-0.2, -0.15) is 0 Å². The highest BCUT2D eigenvalue weighted by atomic mass is 35.5. The summed E-state index contributed by atoms with van der Waals surface area (Å²) in [5.74, 6) is 2.23. The van der Waals surface area contributed by atoms with Gasteiger partial charge in [0.25, 0.3) is 0 Å². The van der Waals surface area contributed by atoms with Gasteiger partial charge in [-0.1, -0.05) is 19.1 Å². The van der Waals surface area contributed by atoms with Gasteiger partial charge in [0.15, 0.2) is 0 Å². The Balaban J connectivity index is 1.79. The van der Waals surface area contributed by atoms with Crippen LogP contribution in [0.25, 0.3) is 0 Å². The summed E-state index contributed by atoms with van der Waals surface area (Å²) >= 11 is 5.57. The molecule has 0 N–H and O–H groups in total. The lowest BCUT2D eigenvalue weighted by Crippen LogP contribution is -2.27. The second-order valence-electron chi connectivity index (χ2n) is 4.90. The van der Waals surface area contributed by atoms with E-state index in [1.807, 2.05) is 0 Å². The molecule has 2 aliphatic rings. The monoisotopic (exact) mass is 242 g/mol. The van der Waals surface area contributed by atoms with E-state index < -0.39 is 0 Å². The molecule has 0 unspecified atom stereocenters. The first-order valence-electron chi connectivity index (χ1n) is 6.15. The predicted octanol–water partition coefficient (Wildman–Crippen LogP) is 3.01. The minimum atomic E-state index is -0.000998. The third-order valence-electron chi connectivity index (χ3n) is 3.90. The van der Waals surface area contributed by atoms with Crippen molar-refractivity contribution in [2.24, 2.45) is 23.7 Å². The lowest BCUT2D eigenvalue weighted by Gasteiger charge is -2.22. The number of carbonyl (C=O) groups excluding carboxylic acids is 1. The molecule has 4 atom stereocenters. The fourth-order valence-electron chi connectivity index (χ4n) is 2.92. The first-order valence-corrected chi connectivity index (χ1v) is 6.68. The van der Waals surface area contributed by atoms with E-state index in [0.717, 1.165) is 19.3 Å². The lowest BCUT2D eigenvalue weighted by molar-refractivity contribution is -0.151. The SMILES string of the molecule is C[C@H]1[C@@H](C(=O)OCCCCCl)[C@H]2C=C[C@H]1C2. The summed E-state index contributed by atoms with van der Waals surface area (Å²) in [7, 11) is 0. The van der Waals surface area contributed by atoms with Gasteiger partial charge in [0.05, 0.1) is 12.5 Å². The maximum Gasteiger partial charge on any atom is 0.309 e. The Kier molecular flexibility index (Phi) is 3.91. The summed E-state index contributed by atoms with van der Waals surface area (Å²) < 4.78 is 5.32. The van der Waals surface area contributed by atoms with Crippen LogP contribution in [0.3, 0.4) is 0 Å². The first-order chi connectivity index (χ1) is 7.74. The highest BCUT2D eigenvalue weighted by molar-refractivity contribution is 6.17. The number of hydrogen-bond donors (Lipinski definition) is 0. The van der Waals surface area contributed by atoms with Crippen LogP contribution >= 0.6 is 11.6 Å². The molecule has 90 valence electrons. The van der Waals surface area contributed by atoms with Crippen LogP contribution < -0.4 is 0 Å². The number of esters is 1. The van der Waals surface area contributed by atoms with Gasteiger partial charge in [-0.25, -0.2) is 0 Å². The van der Waals surface area contributed by atoms with Gasteiger partial charge in [0.2, 0.25) is 0 Å². The molecule has 0 spiro atoms. The van der Waals surface area contributed by atoms with Gasteiger partial charge in [-0.05, 0) is 37.0 Å². The molecule has 0 aromatic heterocycles. The molecule has 0 heterocycles. The summed E-state index contributed by atoms with van der Waals surface area (Å²) in [4.78, 5) is 11.9. The molecule has 3 heteroatoms. The van der Waals surface area contributed by atoms with Crippen LogP contribution in [-0.2, 0) is 9.53 Å². The average Bonchev–Trinajstić information content (AvgIpc) is 2.84. The highest BCUT2D eigenvalue weighted by Crippen LogP contribution is 2.48. The Morgan fingerprint density at radius 2 is 2.12 bits per heavy atom. The van der Waals surface area contributed by atoms with Crippen molar-refractivity contribution in [2.75, 3.05) is 12.5 Å². The van der Waals surface area contributed by atoms with Crippen LogP contribution in [0.2, 0.25) is 0 Å². The summed E-state index contributed by atoms with van der Waals surface area (Å²) in [5.41, 5.74) is 0. The normalized spacial score (nSPS) is 35.6. The minimum Gasteiger partial charge on any atom is -0.465 e. The van der Waals surface area contributed by atoms with Gasteiger partial charge < -0.3 is 4.74 Å². The Bertz CT molecular complexity index is 288. The van der Waals surface area contributed by atoms with Gasteiger partial charge in [-0.3, -0.25) is 4.79 Å². The quantitative estimate of drug-likeness (QED) is 0.321. The van der Waals surface area contributed by atoms with Crippen molar-refractivity contribution in [2.45, 2.75) is 26.2 Å². The van der Waals surface area contributed by atoms with E-state index in [4.69, 9.17) is 16.3 Å². The molecule has 1 fully saturated rings. The van der Waals surface area contributed by atoms with Crippen molar-refractivity contribution in [1.82, 2.24) is 0 Å². The van der Waals surface area contributed by atoms with E-state index in [1.165, 1.54) is 0 Å². The standard InChI is InChI=1S/C13H19ClO2/c1-9-10-4-5-11(8-10)12(9)13(15)16-7-3-2-6-14/h4-5,9-12H,2-3,6-8H2,1H3/t9-,10+,11+,12-/m1/s1. The maximum absolute atomic E-state index is 11.9. The topological polar surface area (TPSA) is 26.3 Å². The Hall–Kier alpha value is -0.500. The van der Waals surface area contributed by atoms with Gasteiger partial charge in [-0.15, -0.1) is 11.6 Å². The second-order valence-corrected chi connectivity index (χ2v) is 5.27. The van der Waals surface area contributed by atoms with Crippen LogP contribution in [-0.4, -0.2) is 18.5 Å². The number of rotatable bonds is 5. The minimum absolute atomic E-state index is 0.000998. The van der Waals surface area contributed by atoms with E-state index in [9.17, 15) is 4.79 Å². The summed E-state index contributed by atoms with van der Waals surface area (Å²) in [6, 6.07) is 0. The molecular weight excluding hydrogens is 224 g/mol. The van der Waals surface area contributed by atoms with Crippen molar-refractivity contribution in [3.8, 4) is 0 Å². The van der Waals surface area contributed by atoms with Crippen molar-refractivity contribution in [1.29, 1.82) is 0 Å². The van der Waals surface area contributed by atoms with Crippen molar-refractivity contribution in [3.05, 3.63) is 12.2 Å². The Morgan fingerprint density at radius 1 is 1.38 bits per heavy atom. The van der Waals surface area contributed by atoms with E-state index in [-0.39, 0.29) is 11.9 Å². The van der Waals surface area contributed by atoms with Crippen LogP contribution in [0.1, 0.15) is 26.2 Å². The molecule has 2 bridgehead atoms. The average molecular weight is 243 g/mol. The molecular formula is C13H19ClO2. The fourth-order valence-corrected chi connectivity index (χ4v) is 3.11. The summed E-state index contributed by atoms with van der Waals surface area (Å²) in [6.07, 6.45) is 7.38. The number of halogens is 1. The summed E-state index contributed by atoms with van der Waals surface area (Å²) in [5, 5.41) is 0. The third kappa shape index (κ3) is 2.27. The number of unbranched alkanes of at least 4 members (excludes halogenated alkanes) is 1. The second kappa shape index (κ2) is 5.22. The van der Waals surface area contributed by atoms with Crippen LogP contribution in [0.15, 0.2) is 12.2 Å². The Labute approximate surface area is 102 Å². The van der Waals surface area contributed by atoms with E-state index in [2.05, 4.69) is 19.1 Å². The molecule has 0 amide bonds. The number of fused-ring (bicyclic) bond motifs is 2. The number of ether oxygens (including phenoxy) is 1. The molecule has 0 aliphatic heterocycles. The van der Waals surface area contributed by atoms with E-state index in [1.54, 1.807) is 0 Å². The Morgan fingerprint density at radius 3 is 2.75 bits per heavy atom. The molecule has 0 saturated heterocycles. The highest BCUT2D eigenvalue weighted by Gasteiger charge is 2.46. The fraction of sp³-hybridized carbons (Fsp3) is 0.769. The zero-order valence-corrected chi connectivity index (χ0v) is 10.5. The van der Waals surface area contributed by atoms with E-state index >= 15 is 0 Å². The molecule has 16 heavy (non-hydrogen) atoms. The first kappa shape index (κ1) is 12.0. The molecule has 0 aromatic carbocycles. The lowest BCUT2D eigenvalue weighted by atomic mass is 9.84. The van der Waals surface area contributed by atoms with E-state index in [0.29, 0.717) is 30.2 Å². The molecule has 2 nitrogen and oxygen atoms in total. The number of allylic oxidation sites excluding steroid dienone is 2. The van der Waals surface area contributed by atoms with Crippen LogP contribution in [0.4, 0.5) is 0 Å². The summed E-state index contributed by atoms with van der Waals surface area (Å²) in [6.45, 7) is 2.69. The third-order valence-corrected chi connectivity index (χ3v) is 4.16. The predicted molar refractivity (Wildman–Crippen MR) is 64.3 cm³/mol. The smallest absolute Gasteiger partial charge is 0.309 e. The maximum atomic E-state index is 11.9. The molecule has 2 aliphatic carbocycles. The molecule has 2 rings (SSSR count). The van der Waals surface area contributed by atoms with Crippen LogP contribution in [0.5, 0.6) is 0 Å². The zero-order valence-electron chi connectivity index (χ0n) is 9.69. The molecule has 0 aromatic rings. The number of alkyl halides is 1. The number of carbonyl (C=O) groups is 1. The molecule has 0 radical (unpaired) electrons. The van der Waals surface area contributed by atoms with Gasteiger partial charge in [0, 0.05) is 5.88 Å². The number of hydrogen-bond acceptors (Lipinski definition) is 2. The van der Waals surface area contributed by atoms with Gasteiger partial charge in [0.1, 0.15) is 0 Å². The molecule has 1 saturated carbocycles. The van der Waals surface area contributed by atoms with Crippen molar-refractivity contribution < 1.29 is 9.53 Å². The zero-order chi connectivity index (χ0) is 11.5. The largest absolute Gasteiger partial charge is 0.465 e. The van der Waals surface area contributed by atoms with Crippen LogP contribution in [0, 0.1) is 23.7 Å².